The molecule has 0 bridgehead atoms. The molecule has 1 aliphatic heterocycles. The highest BCUT2D eigenvalue weighted by Crippen LogP contribution is 2.30. The van der Waals surface area contributed by atoms with Gasteiger partial charge >= 0.3 is 0 Å². The summed E-state index contributed by atoms with van der Waals surface area (Å²) in [6.45, 7) is 3.84. The van der Waals surface area contributed by atoms with Gasteiger partial charge < -0.3 is 10.8 Å². The molecule has 1 atom stereocenters. The average molecular weight is 284 g/mol. The fourth-order valence-corrected chi connectivity index (χ4v) is 4.92. The zero-order chi connectivity index (χ0) is 14.2. The Bertz CT molecular complexity index is 561. The Morgan fingerprint density at radius 2 is 1.95 bits per heavy atom. The average Bonchev–Trinajstić information content (AvgIpc) is 2.75. The third-order valence-corrected chi connectivity index (χ3v) is 5.84. The molecule has 0 amide bonds. The minimum absolute atomic E-state index is 0.133. The molecule has 1 aromatic rings. The third kappa shape index (κ3) is 2.48. The fraction of sp³-hybridized carbons (Fsp3) is 0.538. The summed E-state index contributed by atoms with van der Waals surface area (Å²) < 4.78 is 26.9. The van der Waals surface area contributed by atoms with E-state index in [1.165, 1.54) is 4.31 Å². The molecule has 0 saturated carbocycles. The predicted molar refractivity (Wildman–Crippen MR) is 74.3 cm³/mol. The van der Waals surface area contributed by atoms with Crippen molar-refractivity contribution in [2.24, 2.45) is 0 Å². The van der Waals surface area contributed by atoms with E-state index in [0.717, 1.165) is 6.42 Å². The smallest absolute Gasteiger partial charge is 0.243 e. The molecule has 19 heavy (non-hydrogen) atoms. The molecule has 0 spiro atoms. The number of nitrogens with zero attached hydrogens (tertiary/aromatic N) is 1. The van der Waals surface area contributed by atoms with Gasteiger partial charge in [-0.15, -0.1) is 0 Å². The molecule has 1 aliphatic rings. The Balaban J connectivity index is 2.51. The molecule has 0 aliphatic carbocycles. The number of hydrogen-bond acceptors (Lipinski definition) is 4. The van der Waals surface area contributed by atoms with Crippen LogP contribution in [0.25, 0.3) is 0 Å². The van der Waals surface area contributed by atoms with E-state index in [-0.39, 0.29) is 12.6 Å². The number of aliphatic hydroxyl groups excluding tert-OH is 1. The molecule has 106 valence electrons. The maximum absolute atomic E-state index is 12.7. The van der Waals surface area contributed by atoms with Crippen LogP contribution in [0.5, 0.6) is 0 Å². The molecule has 1 fully saturated rings. The van der Waals surface area contributed by atoms with Crippen molar-refractivity contribution in [1.82, 2.24) is 4.31 Å². The highest BCUT2D eigenvalue weighted by atomic mass is 32.2. The summed E-state index contributed by atoms with van der Waals surface area (Å²) in [5, 5.41) is 9.30. The van der Waals surface area contributed by atoms with Crippen molar-refractivity contribution in [3.05, 3.63) is 23.3 Å². The van der Waals surface area contributed by atoms with Crippen LogP contribution in [0.3, 0.4) is 0 Å². The van der Waals surface area contributed by atoms with Crippen LogP contribution in [0.4, 0.5) is 5.69 Å². The van der Waals surface area contributed by atoms with Crippen molar-refractivity contribution in [3.8, 4) is 0 Å². The molecule has 5 nitrogen and oxygen atoms in total. The van der Waals surface area contributed by atoms with Crippen LogP contribution in [-0.2, 0) is 10.0 Å². The van der Waals surface area contributed by atoms with E-state index < -0.39 is 10.0 Å². The van der Waals surface area contributed by atoms with E-state index in [1.54, 1.807) is 26.0 Å². The number of rotatable bonds is 3. The first kappa shape index (κ1) is 14.3. The number of benzene rings is 1. The lowest BCUT2D eigenvalue weighted by Gasteiger charge is -2.24. The van der Waals surface area contributed by atoms with E-state index in [0.29, 0.717) is 34.7 Å². The quantitative estimate of drug-likeness (QED) is 0.812. The number of hydrogen-bond donors (Lipinski definition) is 2. The maximum atomic E-state index is 12.7. The van der Waals surface area contributed by atoms with E-state index in [4.69, 9.17) is 5.73 Å². The van der Waals surface area contributed by atoms with Crippen molar-refractivity contribution in [1.29, 1.82) is 0 Å². The topological polar surface area (TPSA) is 83.6 Å². The second kappa shape index (κ2) is 5.11. The monoisotopic (exact) mass is 284 g/mol. The lowest BCUT2D eigenvalue weighted by atomic mass is 10.1. The van der Waals surface area contributed by atoms with Gasteiger partial charge in [-0.3, -0.25) is 0 Å². The number of anilines is 1. The molecule has 0 unspecified atom stereocenters. The van der Waals surface area contributed by atoms with Gasteiger partial charge in [-0.1, -0.05) is 0 Å². The molecular weight excluding hydrogens is 264 g/mol. The van der Waals surface area contributed by atoms with Gasteiger partial charge in [-0.2, -0.15) is 4.31 Å². The first-order valence-electron chi connectivity index (χ1n) is 6.37. The Hall–Kier alpha value is -1.11. The third-order valence-electron chi connectivity index (χ3n) is 3.58. The Morgan fingerprint density at radius 3 is 2.47 bits per heavy atom. The largest absolute Gasteiger partial charge is 0.399 e. The van der Waals surface area contributed by atoms with E-state index in [1.807, 2.05) is 0 Å². The second-order valence-corrected chi connectivity index (χ2v) is 6.91. The summed E-state index contributed by atoms with van der Waals surface area (Å²) in [5.74, 6) is 0. The predicted octanol–water partition coefficient (Wildman–Crippen LogP) is 1.03. The molecule has 1 heterocycles. The first-order valence-corrected chi connectivity index (χ1v) is 7.81. The van der Waals surface area contributed by atoms with Gasteiger partial charge in [0.2, 0.25) is 10.0 Å². The molecule has 1 aromatic carbocycles. The lowest BCUT2D eigenvalue weighted by molar-refractivity contribution is 0.213. The second-order valence-electron chi connectivity index (χ2n) is 5.08. The Labute approximate surface area is 114 Å². The van der Waals surface area contributed by atoms with Crippen molar-refractivity contribution in [2.75, 3.05) is 18.9 Å². The lowest BCUT2D eigenvalue weighted by Crippen LogP contribution is -2.38. The summed E-state index contributed by atoms with van der Waals surface area (Å²) >= 11 is 0. The van der Waals surface area contributed by atoms with Crippen molar-refractivity contribution in [2.45, 2.75) is 37.6 Å². The van der Waals surface area contributed by atoms with Crippen LogP contribution < -0.4 is 5.73 Å². The maximum Gasteiger partial charge on any atom is 0.243 e. The van der Waals surface area contributed by atoms with Crippen LogP contribution >= 0.6 is 0 Å². The molecule has 0 radical (unpaired) electrons. The van der Waals surface area contributed by atoms with Gasteiger partial charge in [0.05, 0.1) is 11.5 Å². The van der Waals surface area contributed by atoms with Crippen molar-refractivity contribution < 1.29 is 13.5 Å². The molecular formula is C13H20N2O3S. The van der Waals surface area contributed by atoms with Crippen molar-refractivity contribution in [3.63, 3.8) is 0 Å². The first-order chi connectivity index (χ1) is 8.87. The normalized spacial score (nSPS) is 20.9. The van der Waals surface area contributed by atoms with Gasteiger partial charge in [0.1, 0.15) is 0 Å². The van der Waals surface area contributed by atoms with Gasteiger partial charge in [0, 0.05) is 18.3 Å². The number of aryl methyl sites for hydroxylation is 2. The summed E-state index contributed by atoms with van der Waals surface area (Å²) in [7, 11) is -3.56. The molecule has 1 saturated heterocycles. The van der Waals surface area contributed by atoms with Crippen LogP contribution in [0.2, 0.25) is 0 Å². The van der Waals surface area contributed by atoms with Crippen LogP contribution in [0.15, 0.2) is 17.0 Å². The zero-order valence-corrected chi connectivity index (χ0v) is 12.1. The fourth-order valence-electron chi connectivity index (χ4n) is 2.82. The molecule has 6 heteroatoms. The Kier molecular flexibility index (Phi) is 3.85. The van der Waals surface area contributed by atoms with Gasteiger partial charge in [0.25, 0.3) is 0 Å². The van der Waals surface area contributed by atoms with Gasteiger partial charge in [-0.05, 0) is 49.9 Å². The van der Waals surface area contributed by atoms with E-state index in [9.17, 15) is 13.5 Å². The molecule has 3 N–H and O–H groups in total. The van der Waals surface area contributed by atoms with Crippen LogP contribution in [0, 0.1) is 13.8 Å². The Morgan fingerprint density at radius 1 is 1.37 bits per heavy atom. The highest BCUT2D eigenvalue weighted by Gasteiger charge is 2.36. The summed E-state index contributed by atoms with van der Waals surface area (Å²) in [6.07, 6.45) is 1.50. The van der Waals surface area contributed by atoms with Crippen LogP contribution in [-0.4, -0.2) is 37.0 Å². The van der Waals surface area contributed by atoms with E-state index >= 15 is 0 Å². The van der Waals surface area contributed by atoms with Gasteiger partial charge in [0.15, 0.2) is 0 Å². The molecule has 2 rings (SSSR count). The van der Waals surface area contributed by atoms with Crippen molar-refractivity contribution >= 4 is 15.7 Å². The number of aliphatic hydroxyl groups is 1. The zero-order valence-electron chi connectivity index (χ0n) is 11.3. The summed E-state index contributed by atoms with van der Waals surface area (Å²) in [4.78, 5) is 0.321. The minimum atomic E-state index is -3.56. The number of nitrogens with two attached hydrogens (primary N) is 1. The van der Waals surface area contributed by atoms with Gasteiger partial charge in [-0.25, -0.2) is 8.42 Å². The van der Waals surface area contributed by atoms with E-state index in [2.05, 4.69) is 0 Å². The SMILES string of the molecule is Cc1cc(N)cc(C)c1S(=O)(=O)N1CCC[C@@H]1CO. The molecule has 0 aromatic heterocycles. The number of sulfonamides is 1. The standard InChI is InChI=1S/C13H20N2O3S/c1-9-6-11(14)7-10(2)13(9)19(17,18)15-5-3-4-12(15)8-16/h6-7,12,16H,3-5,8,14H2,1-2H3/t12-/m1/s1. The summed E-state index contributed by atoms with van der Waals surface area (Å²) in [5.41, 5.74) is 7.60. The number of nitrogen functional groups attached to an aromatic ring is 1. The van der Waals surface area contributed by atoms with Crippen LogP contribution in [0.1, 0.15) is 24.0 Å². The summed E-state index contributed by atoms with van der Waals surface area (Å²) in [6, 6.07) is 3.04. The minimum Gasteiger partial charge on any atom is -0.399 e. The highest BCUT2D eigenvalue weighted by molar-refractivity contribution is 7.89.